The second-order valence-electron chi connectivity index (χ2n) is 8.21. The molecule has 0 amide bonds. The van der Waals surface area contributed by atoms with Crippen molar-refractivity contribution in [2.75, 3.05) is 20.1 Å². The fourth-order valence-electron chi connectivity index (χ4n) is 4.27. The van der Waals surface area contributed by atoms with Crippen LogP contribution in [-0.4, -0.2) is 44.6 Å². The van der Waals surface area contributed by atoms with E-state index in [1.165, 1.54) is 0 Å². The van der Waals surface area contributed by atoms with Gasteiger partial charge in [-0.2, -0.15) is 5.10 Å². The van der Waals surface area contributed by atoms with Crippen molar-refractivity contribution in [2.24, 2.45) is 0 Å². The molecule has 5 rings (SSSR count). The third kappa shape index (κ3) is 3.27. The van der Waals surface area contributed by atoms with Gasteiger partial charge in [0.2, 0.25) is 0 Å². The van der Waals surface area contributed by atoms with E-state index in [4.69, 9.17) is 4.98 Å². The van der Waals surface area contributed by atoms with E-state index in [2.05, 4.69) is 28.1 Å². The quantitative estimate of drug-likeness (QED) is 0.506. The van der Waals surface area contributed by atoms with E-state index in [-0.39, 0.29) is 5.82 Å². The highest BCUT2D eigenvalue weighted by Crippen LogP contribution is 2.30. The molecule has 0 N–H and O–H groups in total. The van der Waals surface area contributed by atoms with Crippen LogP contribution in [0.1, 0.15) is 35.7 Å². The van der Waals surface area contributed by atoms with Gasteiger partial charge in [0, 0.05) is 22.6 Å². The maximum Gasteiger partial charge on any atom is 0.156 e. The molecule has 1 aliphatic heterocycles. The number of aromatic nitrogens is 4. The van der Waals surface area contributed by atoms with Gasteiger partial charge in [-0.1, -0.05) is 6.07 Å². The highest BCUT2D eigenvalue weighted by Gasteiger charge is 2.20. The van der Waals surface area contributed by atoms with E-state index in [1.807, 2.05) is 38.2 Å². The summed E-state index contributed by atoms with van der Waals surface area (Å²) in [7, 11) is 2.14. The molecule has 5 nitrogen and oxygen atoms in total. The van der Waals surface area contributed by atoms with Crippen molar-refractivity contribution in [2.45, 2.75) is 32.6 Å². The lowest BCUT2D eigenvalue weighted by Gasteiger charge is -2.28. The van der Waals surface area contributed by atoms with Crippen LogP contribution in [0.3, 0.4) is 0 Å². The van der Waals surface area contributed by atoms with Crippen molar-refractivity contribution in [3.63, 3.8) is 0 Å². The molecule has 4 aromatic rings. The maximum atomic E-state index is 15.0. The van der Waals surface area contributed by atoms with Crippen molar-refractivity contribution in [3.8, 4) is 11.3 Å². The molecule has 1 aromatic carbocycles. The molecule has 1 aliphatic rings. The van der Waals surface area contributed by atoms with Crippen molar-refractivity contribution in [3.05, 3.63) is 59.3 Å². The third-order valence-corrected chi connectivity index (χ3v) is 5.93. The van der Waals surface area contributed by atoms with E-state index in [0.29, 0.717) is 11.4 Å². The van der Waals surface area contributed by atoms with Crippen LogP contribution in [0.2, 0.25) is 0 Å². The van der Waals surface area contributed by atoms with Crippen LogP contribution in [0.15, 0.2) is 36.5 Å². The van der Waals surface area contributed by atoms with Gasteiger partial charge in [-0.15, -0.1) is 0 Å². The van der Waals surface area contributed by atoms with Crippen molar-refractivity contribution in [1.82, 2.24) is 24.5 Å². The molecule has 0 aliphatic carbocycles. The molecule has 4 heterocycles. The summed E-state index contributed by atoms with van der Waals surface area (Å²) in [5, 5.41) is 5.44. The zero-order chi connectivity index (χ0) is 20.1. The van der Waals surface area contributed by atoms with Gasteiger partial charge in [0.25, 0.3) is 0 Å². The Bertz CT molecular complexity index is 1220. The SMILES string of the molecule is Cc1cn2nc(-c3cc(F)c4nc(C5CCN(C)CC5)ccc4c3)cc(C)c2n1. The molecular weight excluding hydrogens is 365 g/mol. The summed E-state index contributed by atoms with van der Waals surface area (Å²) in [5.74, 6) is 0.111. The Kier molecular flexibility index (Phi) is 4.32. The summed E-state index contributed by atoms with van der Waals surface area (Å²) in [4.78, 5) is 11.5. The fourth-order valence-corrected chi connectivity index (χ4v) is 4.27. The highest BCUT2D eigenvalue weighted by molar-refractivity contribution is 5.84. The van der Waals surface area contributed by atoms with Crippen LogP contribution in [0.25, 0.3) is 27.8 Å². The third-order valence-electron chi connectivity index (χ3n) is 5.93. The van der Waals surface area contributed by atoms with Gasteiger partial charge in [-0.25, -0.2) is 18.9 Å². The maximum absolute atomic E-state index is 15.0. The Hall–Kier alpha value is -2.86. The van der Waals surface area contributed by atoms with Crippen molar-refractivity contribution < 1.29 is 4.39 Å². The summed E-state index contributed by atoms with van der Waals surface area (Å²) in [6.07, 6.45) is 4.03. The van der Waals surface area contributed by atoms with Crippen LogP contribution in [0.4, 0.5) is 4.39 Å². The van der Waals surface area contributed by atoms with Crippen molar-refractivity contribution in [1.29, 1.82) is 0 Å². The van der Waals surface area contributed by atoms with Crippen LogP contribution < -0.4 is 0 Å². The predicted octanol–water partition coefficient (Wildman–Crippen LogP) is 4.51. The van der Waals surface area contributed by atoms with Gasteiger partial charge in [-0.05, 0) is 76.7 Å². The number of hydrogen-bond acceptors (Lipinski definition) is 4. The van der Waals surface area contributed by atoms with Gasteiger partial charge in [-0.3, -0.25) is 0 Å². The molecule has 0 bridgehead atoms. The number of fused-ring (bicyclic) bond motifs is 2. The number of aryl methyl sites for hydroxylation is 2. The first-order valence-electron chi connectivity index (χ1n) is 10.1. The van der Waals surface area contributed by atoms with Gasteiger partial charge < -0.3 is 4.90 Å². The topological polar surface area (TPSA) is 46.3 Å². The summed E-state index contributed by atoms with van der Waals surface area (Å²) >= 11 is 0. The first kappa shape index (κ1) is 18.2. The molecule has 29 heavy (non-hydrogen) atoms. The highest BCUT2D eigenvalue weighted by atomic mass is 19.1. The average Bonchev–Trinajstić information content (AvgIpc) is 3.09. The summed E-state index contributed by atoms with van der Waals surface area (Å²) in [6.45, 7) is 6.07. The Morgan fingerprint density at radius 2 is 1.83 bits per heavy atom. The molecule has 6 heteroatoms. The number of benzene rings is 1. The monoisotopic (exact) mass is 389 g/mol. The lowest BCUT2D eigenvalue weighted by molar-refractivity contribution is 0.253. The zero-order valence-corrected chi connectivity index (χ0v) is 17.0. The second kappa shape index (κ2) is 6.88. The lowest BCUT2D eigenvalue weighted by Crippen LogP contribution is -2.29. The Balaban J connectivity index is 1.56. The fraction of sp³-hybridized carbons (Fsp3) is 0.348. The lowest BCUT2D eigenvalue weighted by atomic mass is 9.93. The smallest absolute Gasteiger partial charge is 0.156 e. The van der Waals surface area contributed by atoms with E-state index in [0.717, 1.165) is 65.2 Å². The van der Waals surface area contributed by atoms with E-state index >= 15 is 4.39 Å². The molecule has 0 radical (unpaired) electrons. The first-order valence-corrected chi connectivity index (χ1v) is 10.1. The minimum Gasteiger partial charge on any atom is -0.306 e. The van der Waals surface area contributed by atoms with Gasteiger partial charge in [0.1, 0.15) is 11.3 Å². The molecule has 0 unspecified atom stereocenters. The number of imidazole rings is 1. The molecule has 3 aromatic heterocycles. The number of halogens is 1. The molecule has 0 spiro atoms. The number of likely N-dealkylation sites (tertiary alicyclic amines) is 1. The molecule has 1 fully saturated rings. The van der Waals surface area contributed by atoms with E-state index in [1.54, 1.807) is 10.6 Å². The van der Waals surface area contributed by atoms with E-state index in [9.17, 15) is 0 Å². The van der Waals surface area contributed by atoms with Crippen LogP contribution in [-0.2, 0) is 0 Å². The normalized spacial score (nSPS) is 16.1. The number of nitrogens with zero attached hydrogens (tertiary/aromatic N) is 5. The average molecular weight is 389 g/mol. The molecule has 0 atom stereocenters. The number of rotatable bonds is 2. The van der Waals surface area contributed by atoms with Crippen LogP contribution in [0.5, 0.6) is 0 Å². The number of hydrogen-bond donors (Lipinski definition) is 0. The summed E-state index contributed by atoms with van der Waals surface area (Å²) in [5.41, 5.74) is 5.68. The predicted molar refractivity (Wildman–Crippen MR) is 113 cm³/mol. The minimum atomic E-state index is -0.298. The molecular formula is C23H24FN5. The second-order valence-corrected chi connectivity index (χ2v) is 8.21. The molecule has 0 saturated carbocycles. The Morgan fingerprint density at radius 3 is 2.62 bits per heavy atom. The summed E-state index contributed by atoms with van der Waals surface area (Å²) in [6, 6.07) is 9.53. The minimum absolute atomic E-state index is 0.298. The standard InChI is InChI=1S/C23H24FN5/c1-14-10-21(27-29-13-15(2)25-23(14)29)18-11-17-4-5-20(26-22(17)19(24)12-18)16-6-8-28(3)9-7-16/h4-5,10-13,16H,6-9H2,1-3H3. The molecule has 148 valence electrons. The van der Waals surface area contributed by atoms with Gasteiger partial charge in [0.05, 0.1) is 17.6 Å². The Labute approximate surface area is 169 Å². The van der Waals surface area contributed by atoms with Gasteiger partial charge in [0.15, 0.2) is 5.65 Å². The summed E-state index contributed by atoms with van der Waals surface area (Å²) < 4.78 is 16.8. The first-order chi connectivity index (χ1) is 14.0. The zero-order valence-electron chi connectivity index (χ0n) is 17.0. The van der Waals surface area contributed by atoms with Crippen molar-refractivity contribution >= 4 is 16.6 Å². The number of piperidine rings is 1. The van der Waals surface area contributed by atoms with Gasteiger partial charge >= 0.3 is 0 Å². The van der Waals surface area contributed by atoms with Crippen LogP contribution >= 0.6 is 0 Å². The van der Waals surface area contributed by atoms with Crippen LogP contribution in [0, 0.1) is 19.7 Å². The Morgan fingerprint density at radius 1 is 1.03 bits per heavy atom. The molecule has 1 saturated heterocycles. The number of pyridine rings is 1. The largest absolute Gasteiger partial charge is 0.306 e. The van der Waals surface area contributed by atoms with E-state index < -0.39 is 0 Å².